The highest BCUT2D eigenvalue weighted by atomic mass is 32.2. The molecule has 0 radical (unpaired) electrons. The monoisotopic (exact) mass is 278 g/mol. The van der Waals surface area contributed by atoms with E-state index in [-0.39, 0.29) is 5.82 Å². The van der Waals surface area contributed by atoms with Crippen LogP contribution in [-0.4, -0.2) is 9.97 Å². The van der Waals surface area contributed by atoms with Crippen molar-refractivity contribution in [1.82, 2.24) is 4.98 Å². The Morgan fingerprint density at radius 3 is 2.89 bits per heavy atom. The van der Waals surface area contributed by atoms with Gasteiger partial charge in [0.2, 0.25) is 0 Å². The number of nitrogens with two attached hydrogens (primary N) is 1. The highest BCUT2D eigenvalue weighted by Gasteiger charge is 2.02. The molecule has 2 N–H and O–H groups in total. The van der Waals surface area contributed by atoms with Crippen LogP contribution < -0.4 is 5.73 Å². The van der Waals surface area contributed by atoms with Crippen molar-refractivity contribution in [2.75, 3.05) is 0 Å². The van der Waals surface area contributed by atoms with Gasteiger partial charge >= 0.3 is 0 Å². The lowest BCUT2D eigenvalue weighted by atomic mass is 10.2. The van der Waals surface area contributed by atoms with Crippen molar-refractivity contribution in [3.63, 3.8) is 0 Å². The average molecular weight is 278 g/mol. The van der Waals surface area contributed by atoms with E-state index in [9.17, 15) is 4.39 Å². The lowest BCUT2D eigenvalue weighted by Gasteiger charge is -2.03. The molecule has 1 aromatic carbocycles. The molecule has 0 spiro atoms. The number of hydrogen-bond acceptors (Lipinski definition) is 3. The van der Waals surface area contributed by atoms with Crippen LogP contribution in [0.1, 0.15) is 11.1 Å². The van der Waals surface area contributed by atoms with Crippen LogP contribution in [0.4, 0.5) is 4.39 Å². The second kappa shape index (κ2) is 5.93. The molecule has 2 rings (SSSR count). The molecule has 0 aliphatic heterocycles. The predicted octanol–water partition coefficient (Wildman–Crippen LogP) is 3.15. The molecule has 1 aromatic heterocycles. The zero-order valence-corrected chi connectivity index (χ0v) is 11.1. The quantitative estimate of drug-likeness (QED) is 0.689. The largest absolute Gasteiger partial charge is 0.389 e. The van der Waals surface area contributed by atoms with Gasteiger partial charge < -0.3 is 5.73 Å². The third-order valence-electron chi connectivity index (χ3n) is 2.30. The first kappa shape index (κ1) is 13.0. The maximum Gasteiger partial charge on any atom is 0.123 e. The number of benzene rings is 1. The summed E-state index contributed by atoms with van der Waals surface area (Å²) < 4.78 is 13.0. The summed E-state index contributed by atoms with van der Waals surface area (Å²) in [6.45, 7) is 0. The summed E-state index contributed by atoms with van der Waals surface area (Å²) in [6.07, 6.45) is 1.67. The summed E-state index contributed by atoms with van der Waals surface area (Å²) in [4.78, 5) is 4.57. The van der Waals surface area contributed by atoms with E-state index in [1.807, 2.05) is 12.1 Å². The normalized spacial score (nSPS) is 10.3. The van der Waals surface area contributed by atoms with E-state index in [1.165, 1.54) is 23.9 Å². The number of aromatic nitrogens is 1. The molecule has 0 saturated heterocycles. The fraction of sp³-hybridized carbons (Fsp3) is 0.0769. The summed E-state index contributed by atoms with van der Waals surface area (Å²) in [7, 11) is 0. The van der Waals surface area contributed by atoms with Crippen molar-refractivity contribution in [3.05, 3.63) is 59.5 Å². The number of nitrogens with zero attached hydrogens (tertiary/aromatic N) is 1. The fourth-order valence-electron chi connectivity index (χ4n) is 1.43. The second-order valence-corrected chi connectivity index (χ2v) is 5.10. The van der Waals surface area contributed by atoms with Gasteiger partial charge in [-0.25, -0.2) is 9.37 Å². The molecule has 18 heavy (non-hydrogen) atoms. The van der Waals surface area contributed by atoms with Gasteiger partial charge in [-0.3, -0.25) is 0 Å². The molecule has 92 valence electrons. The van der Waals surface area contributed by atoms with Crippen molar-refractivity contribution in [3.8, 4) is 0 Å². The molecule has 0 saturated carbocycles. The standard InChI is InChI=1S/C13H11FN2S2/c14-11-3-1-2-9(6-11)8-18-12-7-10(13(15)17)4-5-16-12/h1-7H,8H2,(H2,15,17). The van der Waals surface area contributed by atoms with E-state index in [2.05, 4.69) is 4.98 Å². The van der Waals surface area contributed by atoms with E-state index in [0.29, 0.717) is 10.7 Å². The first-order valence-corrected chi connectivity index (χ1v) is 6.67. The molecule has 0 atom stereocenters. The summed E-state index contributed by atoms with van der Waals surface area (Å²) >= 11 is 6.43. The van der Waals surface area contributed by atoms with Crippen molar-refractivity contribution in [2.45, 2.75) is 10.8 Å². The third kappa shape index (κ3) is 3.51. The van der Waals surface area contributed by atoms with Crippen LogP contribution >= 0.6 is 24.0 Å². The van der Waals surface area contributed by atoms with E-state index >= 15 is 0 Å². The van der Waals surface area contributed by atoms with Gasteiger partial charge in [0.1, 0.15) is 10.8 Å². The molecule has 0 amide bonds. The highest BCUT2D eigenvalue weighted by Crippen LogP contribution is 2.21. The minimum atomic E-state index is -0.224. The minimum absolute atomic E-state index is 0.224. The third-order valence-corrected chi connectivity index (χ3v) is 3.53. The Kier molecular flexibility index (Phi) is 4.28. The number of rotatable bonds is 4. The first-order valence-electron chi connectivity index (χ1n) is 5.28. The summed E-state index contributed by atoms with van der Waals surface area (Å²) in [6, 6.07) is 10.1. The van der Waals surface area contributed by atoms with E-state index in [0.717, 1.165) is 16.2 Å². The molecular weight excluding hydrogens is 267 g/mol. The van der Waals surface area contributed by atoms with Gasteiger partial charge in [0.15, 0.2) is 0 Å². The van der Waals surface area contributed by atoms with Gasteiger partial charge in [-0.05, 0) is 29.8 Å². The average Bonchev–Trinajstić information content (AvgIpc) is 2.37. The zero-order valence-electron chi connectivity index (χ0n) is 9.47. The van der Waals surface area contributed by atoms with Gasteiger partial charge in [-0.15, -0.1) is 11.8 Å². The highest BCUT2D eigenvalue weighted by molar-refractivity contribution is 7.98. The maximum atomic E-state index is 13.0. The van der Waals surface area contributed by atoms with Crippen LogP contribution in [0.5, 0.6) is 0 Å². The van der Waals surface area contributed by atoms with Crippen molar-refractivity contribution in [1.29, 1.82) is 0 Å². The molecule has 0 bridgehead atoms. The van der Waals surface area contributed by atoms with Crippen LogP contribution in [0.25, 0.3) is 0 Å². The number of thiocarbonyl (C=S) groups is 1. The number of pyridine rings is 1. The van der Waals surface area contributed by atoms with Gasteiger partial charge in [-0.1, -0.05) is 24.4 Å². The van der Waals surface area contributed by atoms with E-state index in [1.54, 1.807) is 18.3 Å². The first-order chi connectivity index (χ1) is 8.65. The predicted molar refractivity (Wildman–Crippen MR) is 76.1 cm³/mol. The van der Waals surface area contributed by atoms with Crippen molar-refractivity contribution in [2.24, 2.45) is 5.73 Å². The van der Waals surface area contributed by atoms with Crippen LogP contribution in [0.15, 0.2) is 47.6 Å². The second-order valence-electron chi connectivity index (χ2n) is 3.67. The van der Waals surface area contributed by atoms with Crippen LogP contribution in [0, 0.1) is 5.82 Å². The van der Waals surface area contributed by atoms with Gasteiger partial charge in [-0.2, -0.15) is 0 Å². The fourth-order valence-corrected chi connectivity index (χ4v) is 2.39. The smallest absolute Gasteiger partial charge is 0.123 e. The van der Waals surface area contributed by atoms with Crippen molar-refractivity contribution >= 4 is 29.0 Å². The number of halogens is 1. The van der Waals surface area contributed by atoms with Crippen molar-refractivity contribution < 1.29 is 4.39 Å². The van der Waals surface area contributed by atoms with Crippen LogP contribution in [0.2, 0.25) is 0 Å². The molecule has 0 aliphatic carbocycles. The maximum absolute atomic E-state index is 13.0. The van der Waals surface area contributed by atoms with Crippen LogP contribution in [0.3, 0.4) is 0 Å². The summed E-state index contributed by atoms with van der Waals surface area (Å²) in [5.41, 5.74) is 7.27. The molecule has 0 unspecified atom stereocenters. The number of hydrogen-bond donors (Lipinski definition) is 1. The Bertz CT molecular complexity index is 572. The Morgan fingerprint density at radius 1 is 1.33 bits per heavy atom. The Hall–Kier alpha value is -1.46. The lowest BCUT2D eigenvalue weighted by Crippen LogP contribution is -2.09. The molecule has 2 nitrogen and oxygen atoms in total. The topological polar surface area (TPSA) is 38.9 Å². The van der Waals surface area contributed by atoms with Gasteiger partial charge in [0.25, 0.3) is 0 Å². The minimum Gasteiger partial charge on any atom is -0.389 e. The van der Waals surface area contributed by atoms with Crippen LogP contribution in [-0.2, 0) is 5.75 Å². The SMILES string of the molecule is NC(=S)c1ccnc(SCc2cccc(F)c2)c1. The molecule has 0 aliphatic rings. The Labute approximate surface area is 114 Å². The Morgan fingerprint density at radius 2 is 2.17 bits per heavy atom. The Balaban J connectivity index is 2.06. The summed E-state index contributed by atoms with van der Waals surface area (Å²) in [5.74, 6) is 0.434. The van der Waals surface area contributed by atoms with Gasteiger partial charge in [0, 0.05) is 17.5 Å². The molecule has 0 fully saturated rings. The molecule has 2 aromatic rings. The molecule has 1 heterocycles. The lowest BCUT2D eigenvalue weighted by molar-refractivity contribution is 0.626. The zero-order chi connectivity index (χ0) is 13.0. The number of thioether (sulfide) groups is 1. The summed E-state index contributed by atoms with van der Waals surface area (Å²) in [5, 5.41) is 0.824. The van der Waals surface area contributed by atoms with Gasteiger partial charge in [0.05, 0.1) is 5.03 Å². The molecular formula is C13H11FN2S2. The van der Waals surface area contributed by atoms with E-state index < -0.39 is 0 Å². The van der Waals surface area contributed by atoms with E-state index in [4.69, 9.17) is 18.0 Å². The molecule has 5 heteroatoms.